The highest BCUT2D eigenvalue weighted by molar-refractivity contribution is 7.14. The van der Waals surface area contributed by atoms with Crippen molar-refractivity contribution in [2.75, 3.05) is 12.4 Å². The minimum atomic E-state index is -0.670. The molecule has 0 fully saturated rings. The fourth-order valence-electron chi connectivity index (χ4n) is 2.46. The zero-order chi connectivity index (χ0) is 19.3. The summed E-state index contributed by atoms with van der Waals surface area (Å²) in [5, 5.41) is 7.78. The van der Waals surface area contributed by atoms with E-state index in [1.165, 1.54) is 29.6 Å². The average molecular weight is 375 g/mol. The van der Waals surface area contributed by atoms with Gasteiger partial charge in [-0.25, -0.2) is 9.78 Å². The first kappa shape index (κ1) is 19.9. The van der Waals surface area contributed by atoms with Crippen LogP contribution in [0.15, 0.2) is 23.6 Å². The van der Waals surface area contributed by atoms with Gasteiger partial charge in [0.15, 0.2) is 5.13 Å². The SMILES string of the molecule is COC(=O)NC(CC(C)C)C(=O)Nc1nc(-c2ccc(C)c(C)c2)cs1. The summed E-state index contributed by atoms with van der Waals surface area (Å²) in [5.41, 5.74) is 4.24. The lowest BCUT2D eigenvalue weighted by Crippen LogP contribution is -2.44. The monoisotopic (exact) mass is 375 g/mol. The van der Waals surface area contributed by atoms with Crippen molar-refractivity contribution in [2.45, 2.75) is 40.2 Å². The number of carbonyl (C=O) groups is 2. The van der Waals surface area contributed by atoms with E-state index in [2.05, 4.69) is 46.3 Å². The van der Waals surface area contributed by atoms with Gasteiger partial charge in [-0.1, -0.05) is 26.0 Å². The van der Waals surface area contributed by atoms with Crippen LogP contribution < -0.4 is 10.6 Å². The van der Waals surface area contributed by atoms with Gasteiger partial charge in [0.2, 0.25) is 5.91 Å². The minimum absolute atomic E-state index is 0.241. The van der Waals surface area contributed by atoms with E-state index in [4.69, 9.17) is 0 Å². The second kappa shape index (κ2) is 8.80. The van der Waals surface area contributed by atoms with E-state index in [-0.39, 0.29) is 11.8 Å². The number of rotatable bonds is 6. The number of carbonyl (C=O) groups excluding carboxylic acids is 2. The lowest BCUT2D eigenvalue weighted by molar-refractivity contribution is -0.118. The Bertz CT molecular complexity index is 786. The van der Waals surface area contributed by atoms with Crippen LogP contribution >= 0.6 is 11.3 Å². The molecule has 1 aromatic heterocycles. The summed E-state index contributed by atoms with van der Waals surface area (Å²) in [6.07, 6.45) is -0.114. The van der Waals surface area contributed by atoms with Gasteiger partial charge >= 0.3 is 6.09 Å². The number of methoxy groups -OCH3 is 1. The summed E-state index contributed by atoms with van der Waals surface area (Å²) in [7, 11) is 1.27. The number of anilines is 1. The minimum Gasteiger partial charge on any atom is -0.453 e. The van der Waals surface area contributed by atoms with Crippen LogP contribution in [-0.4, -0.2) is 30.1 Å². The predicted molar refractivity (Wildman–Crippen MR) is 104 cm³/mol. The Kier molecular flexibility index (Phi) is 6.74. The summed E-state index contributed by atoms with van der Waals surface area (Å²) in [6, 6.07) is 5.48. The number of nitrogens with zero attached hydrogens (tertiary/aromatic N) is 1. The molecule has 2 N–H and O–H groups in total. The van der Waals surface area contributed by atoms with E-state index in [0.717, 1.165) is 11.3 Å². The van der Waals surface area contributed by atoms with Crippen molar-refractivity contribution >= 4 is 28.5 Å². The number of nitrogens with one attached hydrogen (secondary N) is 2. The number of benzene rings is 1. The van der Waals surface area contributed by atoms with Crippen LogP contribution in [0.2, 0.25) is 0 Å². The molecule has 26 heavy (non-hydrogen) atoms. The second-order valence-corrected chi connectivity index (χ2v) is 7.50. The number of hydrogen-bond donors (Lipinski definition) is 2. The van der Waals surface area contributed by atoms with Crippen LogP contribution in [-0.2, 0) is 9.53 Å². The summed E-state index contributed by atoms with van der Waals surface area (Å²) < 4.78 is 4.60. The average Bonchev–Trinajstić information content (AvgIpc) is 3.04. The van der Waals surface area contributed by atoms with Gasteiger partial charge in [0.1, 0.15) is 6.04 Å². The maximum Gasteiger partial charge on any atom is 0.407 e. The maximum atomic E-state index is 12.5. The smallest absolute Gasteiger partial charge is 0.407 e. The zero-order valence-electron chi connectivity index (χ0n) is 15.8. The molecule has 1 unspecified atom stereocenters. The topological polar surface area (TPSA) is 80.3 Å². The third kappa shape index (κ3) is 5.29. The number of ether oxygens (including phenoxy) is 1. The molecule has 0 aliphatic heterocycles. The van der Waals surface area contributed by atoms with Crippen LogP contribution in [0.3, 0.4) is 0 Å². The fourth-order valence-corrected chi connectivity index (χ4v) is 3.18. The summed E-state index contributed by atoms with van der Waals surface area (Å²) in [5.74, 6) is -0.0598. The van der Waals surface area contributed by atoms with E-state index in [0.29, 0.717) is 11.6 Å². The Morgan fingerprint density at radius 3 is 2.58 bits per heavy atom. The van der Waals surface area contributed by atoms with Crippen molar-refractivity contribution in [3.8, 4) is 11.3 Å². The largest absolute Gasteiger partial charge is 0.453 e. The van der Waals surface area contributed by atoms with Gasteiger partial charge in [-0.3, -0.25) is 4.79 Å². The molecule has 1 aromatic carbocycles. The summed E-state index contributed by atoms with van der Waals surface area (Å²) in [6.45, 7) is 8.10. The quantitative estimate of drug-likeness (QED) is 0.795. The molecule has 140 valence electrons. The molecule has 2 rings (SSSR count). The lowest BCUT2D eigenvalue weighted by atomic mass is 10.0. The molecule has 1 atom stereocenters. The lowest BCUT2D eigenvalue weighted by Gasteiger charge is -2.18. The highest BCUT2D eigenvalue weighted by atomic mass is 32.1. The Morgan fingerprint density at radius 1 is 1.23 bits per heavy atom. The molecule has 2 aromatic rings. The molecule has 6 nitrogen and oxygen atoms in total. The van der Waals surface area contributed by atoms with E-state index < -0.39 is 12.1 Å². The molecule has 0 bridgehead atoms. The standard InChI is InChI=1S/C19H25N3O3S/c1-11(2)8-15(21-19(24)25-5)17(23)22-18-20-16(10-26-18)14-7-6-12(3)13(4)9-14/h6-7,9-11,15H,8H2,1-5H3,(H,21,24)(H,20,22,23). The van der Waals surface area contributed by atoms with Gasteiger partial charge in [-0.05, 0) is 43.4 Å². The molecule has 2 amide bonds. The van der Waals surface area contributed by atoms with Gasteiger partial charge < -0.3 is 15.4 Å². The van der Waals surface area contributed by atoms with E-state index in [1.54, 1.807) is 0 Å². The molecule has 0 saturated carbocycles. The molecular weight excluding hydrogens is 350 g/mol. The number of alkyl carbamates (subject to hydrolysis) is 1. The Labute approximate surface area is 158 Å². The molecule has 1 heterocycles. The molecule has 7 heteroatoms. The molecule has 0 aliphatic carbocycles. The van der Waals surface area contributed by atoms with Crippen molar-refractivity contribution in [3.63, 3.8) is 0 Å². The van der Waals surface area contributed by atoms with Gasteiger partial charge in [0.05, 0.1) is 12.8 Å². The Balaban J connectivity index is 2.11. The van der Waals surface area contributed by atoms with Crippen LogP contribution in [0, 0.1) is 19.8 Å². The van der Waals surface area contributed by atoms with Crippen LogP contribution in [0.4, 0.5) is 9.93 Å². The van der Waals surface area contributed by atoms with Crippen molar-refractivity contribution in [2.24, 2.45) is 5.92 Å². The van der Waals surface area contributed by atoms with Crippen molar-refractivity contribution in [1.29, 1.82) is 0 Å². The predicted octanol–water partition coefficient (Wildman–Crippen LogP) is 4.14. The normalized spacial score (nSPS) is 11.9. The third-order valence-corrected chi connectivity index (χ3v) is 4.80. The summed E-state index contributed by atoms with van der Waals surface area (Å²) in [4.78, 5) is 28.5. The number of amides is 2. The molecule has 0 saturated heterocycles. The van der Waals surface area contributed by atoms with Gasteiger partial charge in [0, 0.05) is 10.9 Å². The maximum absolute atomic E-state index is 12.5. The van der Waals surface area contributed by atoms with Crippen LogP contribution in [0.5, 0.6) is 0 Å². The molecular formula is C19H25N3O3S. The first-order valence-corrected chi connectivity index (χ1v) is 9.36. The van der Waals surface area contributed by atoms with Crippen molar-refractivity contribution in [1.82, 2.24) is 10.3 Å². The number of aromatic nitrogens is 1. The second-order valence-electron chi connectivity index (χ2n) is 6.64. The van der Waals surface area contributed by atoms with Gasteiger partial charge in [0.25, 0.3) is 0 Å². The third-order valence-electron chi connectivity index (χ3n) is 4.04. The number of hydrogen-bond acceptors (Lipinski definition) is 5. The molecule has 0 aliphatic rings. The fraction of sp³-hybridized carbons (Fsp3) is 0.421. The Hall–Kier alpha value is -2.41. The van der Waals surface area contributed by atoms with Gasteiger partial charge in [-0.2, -0.15) is 0 Å². The molecule has 0 radical (unpaired) electrons. The first-order valence-electron chi connectivity index (χ1n) is 8.48. The van der Waals surface area contributed by atoms with E-state index in [9.17, 15) is 9.59 Å². The van der Waals surface area contributed by atoms with E-state index in [1.807, 2.05) is 25.3 Å². The van der Waals surface area contributed by atoms with E-state index >= 15 is 0 Å². The summed E-state index contributed by atoms with van der Waals surface area (Å²) >= 11 is 1.36. The number of aryl methyl sites for hydroxylation is 2. The van der Waals surface area contributed by atoms with Crippen LogP contribution in [0.25, 0.3) is 11.3 Å². The highest BCUT2D eigenvalue weighted by Crippen LogP contribution is 2.26. The number of thiazole rings is 1. The van der Waals surface area contributed by atoms with Crippen molar-refractivity contribution < 1.29 is 14.3 Å². The highest BCUT2D eigenvalue weighted by Gasteiger charge is 2.23. The van der Waals surface area contributed by atoms with Crippen molar-refractivity contribution in [3.05, 3.63) is 34.7 Å². The first-order chi connectivity index (χ1) is 12.3. The molecule has 0 spiro atoms. The Morgan fingerprint density at radius 2 is 1.96 bits per heavy atom. The van der Waals surface area contributed by atoms with Gasteiger partial charge in [-0.15, -0.1) is 11.3 Å². The van der Waals surface area contributed by atoms with Crippen LogP contribution in [0.1, 0.15) is 31.4 Å². The zero-order valence-corrected chi connectivity index (χ0v) is 16.6.